The zero-order valence-corrected chi connectivity index (χ0v) is 11.0. The number of aliphatic hydroxyl groups is 1. The second-order valence-corrected chi connectivity index (χ2v) is 4.56. The van der Waals surface area contributed by atoms with Gasteiger partial charge in [-0.1, -0.05) is 42.5 Å². The van der Waals surface area contributed by atoms with E-state index in [1.807, 2.05) is 30.3 Å². The second kappa shape index (κ2) is 6.73. The van der Waals surface area contributed by atoms with Gasteiger partial charge in [-0.25, -0.2) is 0 Å². The van der Waals surface area contributed by atoms with Crippen molar-refractivity contribution in [3.05, 3.63) is 65.7 Å². The van der Waals surface area contributed by atoms with E-state index >= 15 is 0 Å². The molecule has 0 aliphatic carbocycles. The van der Waals surface area contributed by atoms with E-state index in [-0.39, 0.29) is 24.7 Å². The van der Waals surface area contributed by atoms with Gasteiger partial charge in [0, 0.05) is 0 Å². The van der Waals surface area contributed by atoms with Crippen LogP contribution in [0.2, 0.25) is 0 Å². The minimum atomic E-state index is -0.402. The molecule has 0 aromatic heterocycles. The third-order valence-electron chi connectivity index (χ3n) is 3.02. The molecule has 2 aromatic carbocycles. The number of amides is 1. The van der Waals surface area contributed by atoms with Crippen LogP contribution in [-0.4, -0.2) is 22.7 Å². The number of phenolic OH excluding ortho intramolecular Hbond substituents is 1. The standard InChI is InChI=1S/C16H17NO3/c18-11-15(13-4-2-1-3-5-13)17-16(20)10-12-6-8-14(19)9-7-12/h1-9,15,18-19H,10-11H2,(H,17,20). The maximum absolute atomic E-state index is 12.0. The first kappa shape index (κ1) is 14.1. The Kier molecular flexibility index (Phi) is 4.74. The number of hydrogen-bond donors (Lipinski definition) is 3. The minimum Gasteiger partial charge on any atom is -0.508 e. The lowest BCUT2D eigenvalue weighted by atomic mass is 10.1. The van der Waals surface area contributed by atoms with Crippen LogP contribution in [0.3, 0.4) is 0 Å². The van der Waals surface area contributed by atoms with Gasteiger partial charge in [0.1, 0.15) is 5.75 Å². The lowest BCUT2D eigenvalue weighted by Crippen LogP contribution is -2.31. The lowest BCUT2D eigenvalue weighted by Gasteiger charge is -2.16. The van der Waals surface area contributed by atoms with Crippen LogP contribution in [0.4, 0.5) is 0 Å². The van der Waals surface area contributed by atoms with Gasteiger partial charge in [-0.2, -0.15) is 0 Å². The predicted octanol–water partition coefficient (Wildman–Crippen LogP) is 1.78. The van der Waals surface area contributed by atoms with Crippen molar-refractivity contribution >= 4 is 5.91 Å². The van der Waals surface area contributed by atoms with Crippen molar-refractivity contribution in [3.63, 3.8) is 0 Å². The molecule has 20 heavy (non-hydrogen) atoms. The molecule has 3 N–H and O–H groups in total. The highest BCUT2D eigenvalue weighted by atomic mass is 16.3. The molecule has 0 radical (unpaired) electrons. The number of carbonyl (C=O) groups is 1. The van der Waals surface area contributed by atoms with Crippen molar-refractivity contribution in [2.45, 2.75) is 12.5 Å². The molecule has 1 atom stereocenters. The maximum Gasteiger partial charge on any atom is 0.224 e. The van der Waals surface area contributed by atoms with Crippen molar-refractivity contribution in [1.82, 2.24) is 5.32 Å². The number of nitrogens with one attached hydrogen (secondary N) is 1. The fourth-order valence-corrected chi connectivity index (χ4v) is 1.96. The Bertz CT molecular complexity index is 552. The van der Waals surface area contributed by atoms with Crippen LogP contribution in [0.1, 0.15) is 17.2 Å². The number of phenols is 1. The molecule has 104 valence electrons. The molecule has 2 rings (SSSR count). The molecular formula is C16H17NO3. The van der Waals surface area contributed by atoms with Gasteiger partial charge in [-0.15, -0.1) is 0 Å². The smallest absolute Gasteiger partial charge is 0.224 e. The Balaban J connectivity index is 1.97. The quantitative estimate of drug-likeness (QED) is 0.776. The van der Waals surface area contributed by atoms with E-state index in [4.69, 9.17) is 0 Å². The molecule has 0 bridgehead atoms. The molecule has 4 nitrogen and oxygen atoms in total. The Hall–Kier alpha value is -2.33. The number of hydrogen-bond acceptors (Lipinski definition) is 3. The van der Waals surface area contributed by atoms with Crippen LogP contribution < -0.4 is 5.32 Å². The van der Waals surface area contributed by atoms with Crippen molar-refractivity contribution in [3.8, 4) is 5.75 Å². The molecule has 0 aliphatic heterocycles. The van der Waals surface area contributed by atoms with E-state index in [1.165, 1.54) is 0 Å². The molecule has 1 amide bonds. The summed E-state index contributed by atoms with van der Waals surface area (Å²) in [5.41, 5.74) is 1.68. The highest BCUT2D eigenvalue weighted by molar-refractivity contribution is 5.79. The summed E-state index contributed by atoms with van der Waals surface area (Å²) in [7, 11) is 0. The lowest BCUT2D eigenvalue weighted by molar-refractivity contribution is -0.121. The summed E-state index contributed by atoms with van der Waals surface area (Å²) in [4.78, 5) is 12.0. The van der Waals surface area contributed by atoms with Crippen LogP contribution in [-0.2, 0) is 11.2 Å². The number of aliphatic hydroxyl groups excluding tert-OH is 1. The molecule has 2 aromatic rings. The molecule has 4 heteroatoms. The average Bonchev–Trinajstić information content (AvgIpc) is 2.48. The summed E-state index contributed by atoms with van der Waals surface area (Å²) in [5.74, 6) is 0.00488. The van der Waals surface area contributed by atoms with Gasteiger partial charge in [-0.3, -0.25) is 4.79 Å². The maximum atomic E-state index is 12.0. The number of rotatable bonds is 5. The van der Waals surface area contributed by atoms with Gasteiger partial charge in [0.2, 0.25) is 5.91 Å². The Morgan fingerprint density at radius 3 is 2.30 bits per heavy atom. The van der Waals surface area contributed by atoms with Gasteiger partial charge in [-0.05, 0) is 23.3 Å². The second-order valence-electron chi connectivity index (χ2n) is 4.56. The Morgan fingerprint density at radius 2 is 1.70 bits per heavy atom. The summed E-state index contributed by atoms with van der Waals surface area (Å²) < 4.78 is 0. The zero-order valence-electron chi connectivity index (χ0n) is 11.0. The number of benzene rings is 2. The predicted molar refractivity (Wildman–Crippen MR) is 76.2 cm³/mol. The first-order valence-corrected chi connectivity index (χ1v) is 6.42. The van der Waals surface area contributed by atoms with Crippen LogP contribution in [0.25, 0.3) is 0 Å². The highest BCUT2D eigenvalue weighted by Crippen LogP contribution is 2.13. The third kappa shape index (κ3) is 3.83. The SMILES string of the molecule is O=C(Cc1ccc(O)cc1)NC(CO)c1ccccc1. The van der Waals surface area contributed by atoms with Gasteiger partial charge < -0.3 is 15.5 Å². The Morgan fingerprint density at radius 1 is 1.05 bits per heavy atom. The number of aromatic hydroxyl groups is 1. The Labute approximate surface area is 117 Å². The summed E-state index contributed by atoms with van der Waals surface area (Å²) >= 11 is 0. The topological polar surface area (TPSA) is 69.6 Å². The molecule has 0 spiro atoms. The van der Waals surface area contributed by atoms with Crippen molar-refractivity contribution in [1.29, 1.82) is 0 Å². The average molecular weight is 271 g/mol. The van der Waals surface area contributed by atoms with Crippen LogP contribution in [0.5, 0.6) is 5.75 Å². The molecule has 0 saturated heterocycles. The highest BCUT2D eigenvalue weighted by Gasteiger charge is 2.13. The molecular weight excluding hydrogens is 254 g/mol. The normalized spacial score (nSPS) is 11.8. The van der Waals surface area contributed by atoms with E-state index in [1.54, 1.807) is 24.3 Å². The molecule has 1 unspecified atom stereocenters. The largest absolute Gasteiger partial charge is 0.508 e. The fraction of sp³-hybridized carbons (Fsp3) is 0.188. The molecule has 0 heterocycles. The first-order chi connectivity index (χ1) is 9.69. The molecule has 0 saturated carbocycles. The first-order valence-electron chi connectivity index (χ1n) is 6.42. The van der Waals surface area contributed by atoms with Crippen molar-refractivity contribution in [2.24, 2.45) is 0 Å². The third-order valence-corrected chi connectivity index (χ3v) is 3.02. The van der Waals surface area contributed by atoms with Crippen LogP contribution in [0, 0.1) is 0 Å². The summed E-state index contributed by atoms with van der Waals surface area (Å²) in [5, 5.41) is 21.4. The van der Waals surface area contributed by atoms with Crippen molar-refractivity contribution < 1.29 is 15.0 Å². The minimum absolute atomic E-state index is 0.147. The monoisotopic (exact) mass is 271 g/mol. The van der Waals surface area contributed by atoms with Gasteiger partial charge in [0.15, 0.2) is 0 Å². The number of carbonyl (C=O) groups excluding carboxylic acids is 1. The van der Waals surface area contributed by atoms with Crippen LogP contribution >= 0.6 is 0 Å². The fourth-order valence-electron chi connectivity index (χ4n) is 1.96. The summed E-state index contributed by atoms with van der Waals surface area (Å²) in [6, 6.07) is 15.4. The van der Waals surface area contributed by atoms with E-state index < -0.39 is 6.04 Å². The van der Waals surface area contributed by atoms with Crippen molar-refractivity contribution in [2.75, 3.05) is 6.61 Å². The van der Waals surface area contributed by atoms with Gasteiger partial charge in [0.05, 0.1) is 19.1 Å². The summed E-state index contributed by atoms with van der Waals surface area (Å²) in [6.07, 6.45) is 0.212. The summed E-state index contributed by atoms with van der Waals surface area (Å²) in [6.45, 7) is -0.147. The van der Waals surface area contributed by atoms with Gasteiger partial charge >= 0.3 is 0 Å². The van der Waals surface area contributed by atoms with E-state index in [0.29, 0.717) is 0 Å². The van der Waals surface area contributed by atoms with E-state index in [0.717, 1.165) is 11.1 Å². The van der Waals surface area contributed by atoms with E-state index in [9.17, 15) is 15.0 Å². The van der Waals surface area contributed by atoms with Gasteiger partial charge in [0.25, 0.3) is 0 Å². The van der Waals surface area contributed by atoms with E-state index in [2.05, 4.69) is 5.32 Å². The molecule has 0 fully saturated rings. The molecule has 0 aliphatic rings. The van der Waals surface area contributed by atoms with Crippen LogP contribution in [0.15, 0.2) is 54.6 Å². The zero-order chi connectivity index (χ0) is 14.4.